The van der Waals surface area contributed by atoms with Crippen LogP contribution in [0.3, 0.4) is 0 Å². The largest absolute Gasteiger partial charge is 0.381 e. The van der Waals surface area contributed by atoms with Gasteiger partial charge in [0.1, 0.15) is 12.1 Å². The first kappa shape index (κ1) is 29.6. The highest BCUT2D eigenvalue weighted by molar-refractivity contribution is 7.92. The number of H-pyrrole nitrogens is 1. The molecule has 0 spiro atoms. The van der Waals surface area contributed by atoms with Crippen molar-refractivity contribution in [3.63, 3.8) is 0 Å². The molecule has 5 aromatic rings. The topological polar surface area (TPSA) is 136 Å². The van der Waals surface area contributed by atoms with E-state index in [4.69, 9.17) is 14.7 Å². The smallest absolute Gasteiger partial charge is 0.181 e. The summed E-state index contributed by atoms with van der Waals surface area (Å²) < 4.78 is 34.8. The minimum atomic E-state index is -3.62. The number of aryl methyl sites for hydroxylation is 2. The zero-order valence-electron chi connectivity index (χ0n) is 26.0. The van der Waals surface area contributed by atoms with Crippen LogP contribution in [0.1, 0.15) is 74.1 Å². The number of hydrogen-bond donors (Lipinski definition) is 2. The summed E-state index contributed by atoms with van der Waals surface area (Å²) in [6.07, 6.45) is 10.7. The minimum absolute atomic E-state index is 0.0631. The fourth-order valence-corrected chi connectivity index (χ4v) is 10.9. The molecule has 238 valence electrons. The second kappa shape index (κ2) is 11.8. The first-order chi connectivity index (χ1) is 22.4. The van der Waals surface area contributed by atoms with E-state index >= 15 is 0 Å². The average molecular weight is 656 g/mol. The maximum absolute atomic E-state index is 14.1. The quantitative estimate of drug-likeness (QED) is 0.191. The van der Waals surface area contributed by atoms with Gasteiger partial charge in [-0.2, -0.15) is 5.10 Å². The molecule has 0 bridgehead atoms. The van der Waals surface area contributed by atoms with E-state index in [0.29, 0.717) is 27.9 Å². The third kappa shape index (κ3) is 5.20. The molecular weight excluding hydrogens is 619 g/mol. The van der Waals surface area contributed by atoms with Crippen molar-refractivity contribution in [2.75, 3.05) is 24.3 Å². The van der Waals surface area contributed by atoms with Gasteiger partial charge < -0.3 is 10.1 Å². The Morgan fingerprint density at radius 1 is 1.09 bits per heavy atom. The van der Waals surface area contributed by atoms with Crippen molar-refractivity contribution in [1.82, 2.24) is 30.1 Å². The summed E-state index contributed by atoms with van der Waals surface area (Å²) in [5.41, 5.74) is 5.33. The second-order valence-electron chi connectivity index (χ2n) is 13.0. The van der Waals surface area contributed by atoms with Crippen molar-refractivity contribution in [2.24, 2.45) is 11.8 Å². The lowest BCUT2D eigenvalue weighted by Crippen LogP contribution is -2.17. The number of pyridine rings is 3. The fraction of sp³-hybridized carbons (Fsp3) is 0.441. The third-order valence-corrected chi connectivity index (χ3v) is 12.9. The maximum atomic E-state index is 14.1. The number of nitrogens with zero attached hydrogens (tertiary/aromatic N) is 5. The Balaban J connectivity index is 1.30. The highest BCUT2D eigenvalue weighted by Crippen LogP contribution is 2.51. The van der Waals surface area contributed by atoms with Gasteiger partial charge >= 0.3 is 0 Å². The number of anilines is 1. The van der Waals surface area contributed by atoms with Crippen LogP contribution in [-0.4, -0.2) is 57.5 Å². The Kier molecular flexibility index (Phi) is 7.61. The molecule has 2 aliphatic heterocycles. The first-order valence-electron chi connectivity index (χ1n) is 16.2. The Morgan fingerprint density at radius 2 is 1.96 bits per heavy atom. The van der Waals surface area contributed by atoms with Crippen molar-refractivity contribution in [3.05, 3.63) is 65.6 Å². The molecule has 5 aromatic heterocycles. The van der Waals surface area contributed by atoms with Crippen LogP contribution in [0.4, 0.5) is 5.82 Å². The molecule has 0 aromatic carbocycles. The van der Waals surface area contributed by atoms with Gasteiger partial charge in [-0.05, 0) is 79.5 Å². The van der Waals surface area contributed by atoms with Gasteiger partial charge in [-0.1, -0.05) is 19.9 Å². The van der Waals surface area contributed by atoms with Crippen LogP contribution in [0.2, 0.25) is 0 Å². The third-order valence-electron chi connectivity index (χ3n) is 9.86. The maximum Gasteiger partial charge on any atom is 0.181 e. The van der Waals surface area contributed by atoms with E-state index in [0.717, 1.165) is 89.5 Å². The lowest BCUT2D eigenvalue weighted by molar-refractivity contribution is 0.0639. The molecule has 10 nitrogen and oxygen atoms in total. The van der Waals surface area contributed by atoms with Gasteiger partial charge in [-0.3, -0.25) is 15.1 Å². The summed E-state index contributed by atoms with van der Waals surface area (Å²) >= 11 is 1.57. The number of hydrogen-bond acceptors (Lipinski definition) is 10. The number of fused-ring (bicyclic) bond motifs is 3. The molecule has 7 heterocycles. The number of aromatic amines is 1. The lowest BCUT2D eigenvalue weighted by atomic mass is 9.89. The lowest BCUT2D eigenvalue weighted by Gasteiger charge is -2.23. The molecule has 2 N–H and O–H groups in total. The predicted molar refractivity (Wildman–Crippen MR) is 179 cm³/mol. The van der Waals surface area contributed by atoms with E-state index in [1.54, 1.807) is 11.3 Å². The van der Waals surface area contributed by atoms with Crippen LogP contribution in [0.25, 0.3) is 31.9 Å². The van der Waals surface area contributed by atoms with E-state index in [1.807, 2.05) is 24.5 Å². The summed E-state index contributed by atoms with van der Waals surface area (Å²) in [5.74, 6) is 1.90. The van der Waals surface area contributed by atoms with E-state index in [1.165, 1.54) is 11.9 Å². The number of nitrogens with one attached hydrogen (secondary N) is 2. The van der Waals surface area contributed by atoms with E-state index in [9.17, 15) is 8.42 Å². The molecule has 12 heteroatoms. The van der Waals surface area contributed by atoms with Crippen LogP contribution < -0.4 is 5.32 Å². The monoisotopic (exact) mass is 655 g/mol. The van der Waals surface area contributed by atoms with Crippen LogP contribution in [-0.2, 0) is 27.4 Å². The molecular formula is C34H37N7O3S2. The van der Waals surface area contributed by atoms with Crippen LogP contribution in [0.15, 0.2) is 47.9 Å². The molecule has 1 saturated heterocycles. The number of thiophene rings is 1. The highest BCUT2D eigenvalue weighted by atomic mass is 32.2. The Labute approximate surface area is 272 Å². The van der Waals surface area contributed by atoms with E-state index < -0.39 is 9.84 Å². The van der Waals surface area contributed by atoms with Crippen molar-refractivity contribution >= 4 is 37.1 Å². The van der Waals surface area contributed by atoms with Gasteiger partial charge in [-0.25, -0.2) is 18.4 Å². The molecule has 2 atom stereocenters. The fourth-order valence-electron chi connectivity index (χ4n) is 7.40. The van der Waals surface area contributed by atoms with E-state index in [2.05, 4.69) is 51.5 Å². The van der Waals surface area contributed by atoms with Crippen molar-refractivity contribution < 1.29 is 13.2 Å². The van der Waals surface area contributed by atoms with Gasteiger partial charge in [0.15, 0.2) is 15.7 Å². The first-order valence-corrected chi connectivity index (χ1v) is 18.7. The SMILES string of the molecule is CC(C)[C@H]1CS(=O)(=O)c2c1nc(CCC1CCOCC1)c(-c1ncn[nH]1)c2-c1cc2ccnc(N[C@@H]3CCc4ncccc43)c2s1. The molecule has 1 fully saturated rings. The average Bonchev–Trinajstić information content (AvgIpc) is 3.86. The molecule has 0 unspecified atom stereocenters. The zero-order chi connectivity index (χ0) is 31.4. The molecule has 8 rings (SSSR count). The van der Waals surface area contributed by atoms with Crippen LogP contribution in [0.5, 0.6) is 0 Å². The molecule has 3 aliphatic rings. The summed E-state index contributed by atoms with van der Waals surface area (Å²) in [5, 5.41) is 11.9. The summed E-state index contributed by atoms with van der Waals surface area (Å²) in [7, 11) is -3.62. The highest BCUT2D eigenvalue weighted by Gasteiger charge is 2.43. The molecule has 1 aliphatic carbocycles. The Morgan fingerprint density at radius 3 is 2.76 bits per heavy atom. The number of aromatic nitrogens is 6. The van der Waals surface area contributed by atoms with Crippen molar-refractivity contribution in [1.29, 1.82) is 0 Å². The zero-order valence-corrected chi connectivity index (χ0v) is 27.6. The molecule has 46 heavy (non-hydrogen) atoms. The molecule has 0 radical (unpaired) electrons. The van der Waals surface area contributed by atoms with Crippen LogP contribution >= 0.6 is 11.3 Å². The number of ether oxygens (including phenoxy) is 1. The van der Waals surface area contributed by atoms with E-state index in [-0.39, 0.29) is 23.6 Å². The van der Waals surface area contributed by atoms with Crippen molar-refractivity contribution in [3.8, 4) is 21.8 Å². The second-order valence-corrected chi connectivity index (χ2v) is 16.1. The van der Waals surface area contributed by atoms with Gasteiger partial charge in [0.25, 0.3) is 0 Å². The summed E-state index contributed by atoms with van der Waals surface area (Å²) in [6.45, 7) is 5.74. The Bertz CT molecular complexity index is 2020. The predicted octanol–water partition coefficient (Wildman–Crippen LogP) is 6.52. The van der Waals surface area contributed by atoms with Crippen LogP contribution in [0, 0.1) is 11.8 Å². The van der Waals surface area contributed by atoms with Gasteiger partial charge in [0, 0.05) is 47.7 Å². The number of rotatable bonds is 8. The van der Waals surface area contributed by atoms with Gasteiger partial charge in [-0.15, -0.1) is 11.3 Å². The standard InChI is InChI=1S/C34H37N7O3S2/c1-19(2)23-17-46(42,43)32-29(28(33-37-18-38-41-33)26(39-30(23)32)6-5-20-10-14-44-15-11-20)27-16-21-9-13-36-34(31(21)45-27)40-25-8-7-24-22(25)4-3-12-35-24/h3-4,9,12-13,16,18-20,23,25H,5-8,10-11,14-15,17H2,1-2H3,(H,36,40)(H,37,38,41)/t23-,25-/m1/s1. The van der Waals surface area contributed by atoms with Gasteiger partial charge in [0.2, 0.25) is 0 Å². The Hall–Kier alpha value is -3.74. The van der Waals surface area contributed by atoms with Crippen molar-refractivity contribution in [2.45, 2.75) is 69.2 Å². The summed E-state index contributed by atoms with van der Waals surface area (Å²) in [6, 6.07) is 8.33. The molecule has 0 amide bonds. The minimum Gasteiger partial charge on any atom is -0.381 e. The normalized spacial score (nSPS) is 20.8. The summed E-state index contributed by atoms with van der Waals surface area (Å²) in [4.78, 5) is 20.3. The van der Waals surface area contributed by atoms with Gasteiger partial charge in [0.05, 0.1) is 38.3 Å². The molecule has 0 saturated carbocycles. The number of sulfone groups is 1.